The minimum atomic E-state index is 0.470. The lowest BCUT2D eigenvalue weighted by Gasteiger charge is -2.09. The van der Waals surface area contributed by atoms with Gasteiger partial charge in [-0.05, 0) is 23.8 Å². The quantitative estimate of drug-likeness (QED) is 0.794. The third kappa shape index (κ3) is 4.62. The number of hydrogen-bond acceptors (Lipinski definition) is 5. The van der Waals surface area contributed by atoms with Gasteiger partial charge < -0.3 is 14.8 Å². The van der Waals surface area contributed by atoms with Gasteiger partial charge in [-0.3, -0.25) is 0 Å². The van der Waals surface area contributed by atoms with Crippen LogP contribution < -0.4 is 10.1 Å². The Morgan fingerprint density at radius 1 is 1.27 bits per heavy atom. The Kier molecular flexibility index (Phi) is 6.01. The second-order valence-electron chi connectivity index (χ2n) is 4.50. The molecule has 2 rings (SSSR count). The van der Waals surface area contributed by atoms with Crippen LogP contribution >= 0.6 is 11.6 Å². The molecule has 1 heterocycles. The molecule has 1 aromatic carbocycles. The Bertz CT molecular complexity index is 653. The summed E-state index contributed by atoms with van der Waals surface area (Å²) in [6, 6.07) is 11.0. The Hall–Kier alpha value is -2.29. The molecule has 1 N–H and O–H groups in total. The highest BCUT2D eigenvalue weighted by molar-refractivity contribution is 6.30. The monoisotopic (exact) mass is 317 g/mol. The van der Waals surface area contributed by atoms with Gasteiger partial charge in [-0.25, -0.2) is 4.98 Å². The Morgan fingerprint density at radius 3 is 2.82 bits per heavy atom. The highest BCUT2D eigenvalue weighted by Gasteiger charge is 2.03. The standard InChI is InChI=1S/C16H16ClN3O2/c1-21-6-7-22-16-5-2-12(11-20-16)10-19-15-4-3-14(17)8-13(15)9-18/h2-5,8,11,19H,6-7,10H2,1H3. The third-order valence-corrected chi connectivity index (χ3v) is 3.16. The van der Waals surface area contributed by atoms with Crippen LogP contribution in [0.2, 0.25) is 5.02 Å². The lowest BCUT2D eigenvalue weighted by Crippen LogP contribution is -2.06. The summed E-state index contributed by atoms with van der Waals surface area (Å²) in [5, 5.41) is 12.8. The van der Waals surface area contributed by atoms with Crippen molar-refractivity contribution in [2.45, 2.75) is 6.54 Å². The number of methoxy groups -OCH3 is 1. The van der Waals surface area contributed by atoms with Crippen molar-refractivity contribution in [1.29, 1.82) is 5.26 Å². The average Bonchev–Trinajstić information content (AvgIpc) is 2.55. The third-order valence-electron chi connectivity index (χ3n) is 2.92. The van der Waals surface area contributed by atoms with Crippen molar-refractivity contribution in [3.63, 3.8) is 0 Å². The zero-order valence-electron chi connectivity index (χ0n) is 12.2. The molecule has 6 heteroatoms. The lowest BCUT2D eigenvalue weighted by molar-refractivity contribution is 0.143. The molecule has 0 spiro atoms. The minimum absolute atomic E-state index is 0.470. The van der Waals surface area contributed by atoms with E-state index in [4.69, 9.17) is 26.3 Å². The normalized spacial score (nSPS) is 10.0. The van der Waals surface area contributed by atoms with E-state index in [-0.39, 0.29) is 0 Å². The van der Waals surface area contributed by atoms with E-state index in [0.717, 1.165) is 11.3 Å². The van der Waals surface area contributed by atoms with E-state index in [1.165, 1.54) is 0 Å². The molecule has 0 saturated heterocycles. The number of nitrogens with zero attached hydrogens (tertiary/aromatic N) is 2. The first-order chi connectivity index (χ1) is 10.7. The molecule has 0 radical (unpaired) electrons. The predicted molar refractivity (Wildman–Crippen MR) is 85.1 cm³/mol. The maximum Gasteiger partial charge on any atom is 0.213 e. The molecule has 0 saturated carbocycles. The van der Waals surface area contributed by atoms with E-state index < -0.39 is 0 Å². The van der Waals surface area contributed by atoms with Gasteiger partial charge in [0, 0.05) is 30.9 Å². The summed E-state index contributed by atoms with van der Waals surface area (Å²) in [4.78, 5) is 4.22. The van der Waals surface area contributed by atoms with Crippen molar-refractivity contribution in [3.05, 3.63) is 52.7 Å². The number of halogens is 1. The molecule has 0 fully saturated rings. The molecule has 2 aromatic rings. The van der Waals surface area contributed by atoms with Crippen LogP contribution in [0.4, 0.5) is 5.69 Å². The van der Waals surface area contributed by atoms with E-state index in [1.54, 1.807) is 37.6 Å². The first-order valence-corrected chi connectivity index (χ1v) is 7.11. The summed E-state index contributed by atoms with van der Waals surface area (Å²) in [5.74, 6) is 0.560. The molecule has 5 nitrogen and oxygen atoms in total. The summed E-state index contributed by atoms with van der Waals surface area (Å²) in [6.45, 7) is 1.55. The van der Waals surface area contributed by atoms with Gasteiger partial charge in [0.25, 0.3) is 0 Å². The summed E-state index contributed by atoms with van der Waals surface area (Å²) < 4.78 is 10.3. The fraction of sp³-hybridized carbons (Fsp3) is 0.250. The number of benzene rings is 1. The molecule has 0 aliphatic rings. The van der Waals surface area contributed by atoms with Crippen LogP contribution in [0.15, 0.2) is 36.5 Å². The Balaban J connectivity index is 1.93. The number of pyridine rings is 1. The SMILES string of the molecule is COCCOc1ccc(CNc2ccc(Cl)cc2C#N)cn1. The zero-order chi connectivity index (χ0) is 15.8. The van der Waals surface area contributed by atoms with E-state index >= 15 is 0 Å². The molecule has 22 heavy (non-hydrogen) atoms. The highest BCUT2D eigenvalue weighted by Crippen LogP contribution is 2.20. The molecular weight excluding hydrogens is 302 g/mol. The smallest absolute Gasteiger partial charge is 0.213 e. The minimum Gasteiger partial charge on any atom is -0.475 e. The Labute approximate surface area is 134 Å². The van der Waals surface area contributed by atoms with Crippen molar-refractivity contribution in [3.8, 4) is 11.9 Å². The number of hydrogen-bond donors (Lipinski definition) is 1. The van der Waals surface area contributed by atoms with Crippen LogP contribution in [0.1, 0.15) is 11.1 Å². The maximum atomic E-state index is 9.09. The van der Waals surface area contributed by atoms with Gasteiger partial charge in [-0.1, -0.05) is 17.7 Å². The van der Waals surface area contributed by atoms with Crippen LogP contribution in [0, 0.1) is 11.3 Å². The first kappa shape index (κ1) is 16.1. The molecule has 0 bridgehead atoms. The zero-order valence-corrected chi connectivity index (χ0v) is 12.9. The van der Waals surface area contributed by atoms with E-state index in [0.29, 0.717) is 36.2 Å². The maximum absolute atomic E-state index is 9.09. The molecule has 1 aromatic heterocycles. The van der Waals surface area contributed by atoms with Crippen molar-refractivity contribution >= 4 is 17.3 Å². The molecule has 0 amide bonds. The van der Waals surface area contributed by atoms with Crippen molar-refractivity contribution in [2.75, 3.05) is 25.6 Å². The van der Waals surface area contributed by atoms with Crippen LogP contribution in [0.5, 0.6) is 5.88 Å². The van der Waals surface area contributed by atoms with Gasteiger partial charge in [0.05, 0.1) is 17.9 Å². The van der Waals surface area contributed by atoms with Gasteiger partial charge in [0.15, 0.2) is 0 Å². The van der Waals surface area contributed by atoms with Gasteiger partial charge in [0.2, 0.25) is 5.88 Å². The number of aromatic nitrogens is 1. The number of rotatable bonds is 7. The average molecular weight is 318 g/mol. The van der Waals surface area contributed by atoms with Crippen molar-refractivity contribution in [2.24, 2.45) is 0 Å². The fourth-order valence-electron chi connectivity index (χ4n) is 1.79. The summed E-state index contributed by atoms with van der Waals surface area (Å²) in [5.41, 5.74) is 2.24. The second kappa shape index (κ2) is 8.23. The fourth-order valence-corrected chi connectivity index (χ4v) is 1.96. The molecule has 0 unspecified atom stereocenters. The second-order valence-corrected chi connectivity index (χ2v) is 4.94. The molecule has 114 valence electrons. The van der Waals surface area contributed by atoms with E-state index in [2.05, 4.69) is 16.4 Å². The Morgan fingerprint density at radius 2 is 2.14 bits per heavy atom. The lowest BCUT2D eigenvalue weighted by atomic mass is 10.2. The van der Waals surface area contributed by atoms with Gasteiger partial charge in [0.1, 0.15) is 12.7 Å². The predicted octanol–water partition coefficient (Wildman–Crippen LogP) is 3.24. The van der Waals surface area contributed by atoms with Crippen molar-refractivity contribution < 1.29 is 9.47 Å². The van der Waals surface area contributed by atoms with Crippen molar-refractivity contribution in [1.82, 2.24) is 4.98 Å². The molecular formula is C16H16ClN3O2. The summed E-state index contributed by atoms with van der Waals surface area (Å²) in [7, 11) is 1.62. The van der Waals surface area contributed by atoms with Crippen LogP contribution in [0.3, 0.4) is 0 Å². The number of ether oxygens (including phenoxy) is 2. The number of nitrogens with one attached hydrogen (secondary N) is 1. The summed E-state index contributed by atoms with van der Waals surface area (Å²) >= 11 is 5.87. The van der Waals surface area contributed by atoms with Crippen LogP contribution in [-0.4, -0.2) is 25.3 Å². The van der Waals surface area contributed by atoms with E-state index in [1.807, 2.05) is 6.07 Å². The van der Waals surface area contributed by atoms with Gasteiger partial charge in [-0.2, -0.15) is 5.26 Å². The molecule has 0 aliphatic carbocycles. The number of nitriles is 1. The number of anilines is 1. The van der Waals surface area contributed by atoms with Crippen LogP contribution in [0.25, 0.3) is 0 Å². The highest BCUT2D eigenvalue weighted by atomic mass is 35.5. The molecule has 0 aliphatic heterocycles. The van der Waals surface area contributed by atoms with Gasteiger partial charge in [-0.15, -0.1) is 0 Å². The molecule has 0 atom stereocenters. The van der Waals surface area contributed by atoms with Crippen LogP contribution in [-0.2, 0) is 11.3 Å². The topological polar surface area (TPSA) is 67.2 Å². The van der Waals surface area contributed by atoms with Gasteiger partial charge >= 0.3 is 0 Å². The summed E-state index contributed by atoms with van der Waals surface area (Å²) in [6.07, 6.45) is 1.73. The van der Waals surface area contributed by atoms with E-state index in [9.17, 15) is 0 Å². The largest absolute Gasteiger partial charge is 0.475 e. The first-order valence-electron chi connectivity index (χ1n) is 6.73.